The van der Waals surface area contributed by atoms with E-state index in [9.17, 15) is 5.11 Å². The number of phenolic OH excluding ortho intramolecular Hbond substituents is 1. The van der Waals surface area contributed by atoms with Crippen LogP contribution < -0.4 is 5.32 Å². The van der Waals surface area contributed by atoms with E-state index in [1.165, 1.54) is 4.88 Å². The molecule has 2 N–H and O–H groups in total. The zero-order chi connectivity index (χ0) is 11.5. The van der Waals surface area contributed by atoms with Gasteiger partial charge in [-0.05, 0) is 26.1 Å². The maximum absolute atomic E-state index is 9.40. The van der Waals surface area contributed by atoms with Gasteiger partial charge in [-0.25, -0.2) is 4.98 Å². The van der Waals surface area contributed by atoms with Crippen molar-refractivity contribution in [1.82, 2.24) is 10.3 Å². The monoisotopic (exact) mass is 234 g/mol. The molecule has 1 atom stereocenters. The molecule has 0 aliphatic carbocycles. The molecule has 3 nitrogen and oxygen atoms in total. The number of phenols is 1. The van der Waals surface area contributed by atoms with Gasteiger partial charge >= 0.3 is 0 Å². The highest BCUT2D eigenvalue weighted by molar-refractivity contribution is 7.15. The Kier molecular flexibility index (Phi) is 3.22. The standard InChI is InChI=1S/C12H14N2OS/c1-8(13-2)11-7-14-12(16-11)9-4-3-5-10(15)6-9/h3-8,13,15H,1-2H3. The molecule has 0 saturated heterocycles. The van der Waals surface area contributed by atoms with E-state index in [0.29, 0.717) is 6.04 Å². The molecule has 2 aromatic rings. The van der Waals surface area contributed by atoms with Crippen LogP contribution in [0.4, 0.5) is 0 Å². The molecule has 0 bridgehead atoms. The van der Waals surface area contributed by atoms with Gasteiger partial charge in [-0.2, -0.15) is 0 Å². The summed E-state index contributed by atoms with van der Waals surface area (Å²) in [5.74, 6) is 0.274. The molecule has 0 fully saturated rings. The molecule has 84 valence electrons. The number of aromatic nitrogens is 1. The highest BCUT2D eigenvalue weighted by Crippen LogP contribution is 2.29. The molecule has 1 heterocycles. The number of rotatable bonds is 3. The van der Waals surface area contributed by atoms with E-state index in [-0.39, 0.29) is 5.75 Å². The summed E-state index contributed by atoms with van der Waals surface area (Å²) >= 11 is 1.64. The zero-order valence-electron chi connectivity index (χ0n) is 9.27. The molecule has 0 aliphatic rings. The fourth-order valence-electron chi connectivity index (χ4n) is 1.40. The first kappa shape index (κ1) is 11.1. The normalized spacial score (nSPS) is 12.6. The van der Waals surface area contributed by atoms with Gasteiger partial charge in [-0.15, -0.1) is 11.3 Å². The Morgan fingerprint density at radius 3 is 2.94 bits per heavy atom. The second-order valence-electron chi connectivity index (χ2n) is 3.63. The van der Waals surface area contributed by atoms with Crippen LogP contribution in [-0.2, 0) is 0 Å². The van der Waals surface area contributed by atoms with Gasteiger partial charge in [0.2, 0.25) is 0 Å². The van der Waals surface area contributed by atoms with Gasteiger partial charge < -0.3 is 10.4 Å². The quantitative estimate of drug-likeness (QED) is 0.858. The third-order valence-corrected chi connectivity index (χ3v) is 3.71. The second kappa shape index (κ2) is 4.63. The molecule has 1 unspecified atom stereocenters. The molecule has 16 heavy (non-hydrogen) atoms. The minimum Gasteiger partial charge on any atom is -0.508 e. The van der Waals surface area contributed by atoms with Crippen LogP contribution in [0.5, 0.6) is 5.75 Å². The predicted octanol–water partition coefficient (Wildman–Crippen LogP) is 2.80. The summed E-state index contributed by atoms with van der Waals surface area (Å²) in [7, 11) is 1.93. The number of hydrogen-bond donors (Lipinski definition) is 2. The van der Waals surface area contributed by atoms with Crippen LogP contribution in [0.3, 0.4) is 0 Å². The average Bonchev–Trinajstić information content (AvgIpc) is 2.77. The van der Waals surface area contributed by atoms with Gasteiger partial charge in [-0.1, -0.05) is 12.1 Å². The van der Waals surface area contributed by atoms with Crippen molar-refractivity contribution in [2.24, 2.45) is 0 Å². The Balaban J connectivity index is 2.31. The van der Waals surface area contributed by atoms with Crippen molar-refractivity contribution in [2.75, 3.05) is 7.05 Å². The van der Waals surface area contributed by atoms with E-state index in [1.807, 2.05) is 25.4 Å². The summed E-state index contributed by atoms with van der Waals surface area (Å²) in [6.07, 6.45) is 1.88. The Morgan fingerprint density at radius 2 is 2.25 bits per heavy atom. The summed E-state index contributed by atoms with van der Waals surface area (Å²) < 4.78 is 0. The molecular weight excluding hydrogens is 220 g/mol. The van der Waals surface area contributed by atoms with Crippen LogP contribution in [-0.4, -0.2) is 17.1 Å². The van der Waals surface area contributed by atoms with Gasteiger partial charge in [0.15, 0.2) is 0 Å². The van der Waals surface area contributed by atoms with Crippen LogP contribution in [0.25, 0.3) is 10.6 Å². The van der Waals surface area contributed by atoms with Crippen molar-refractivity contribution in [3.8, 4) is 16.3 Å². The Hall–Kier alpha value is -1.39. The fourth-order valence-corrected chi connectivity index (χ4v) is 2.37. The summed E-state index contributed by atoms with van der Waals surface area (Å²) in [6.45, 7) is 2.10. The van der Waals surface area contributed by atoms with Crippen molar-refractivity contribution in [2.45, 2.75) is 13.0 Å². The first-order valence-electron chi connectivity index (χ1n) is 5.13. The smallest absolute Gasteiger partial charge is 0.123 e. The van der Waals surface area contributed by atoms with Crippen molar-refractivity contribution in [3.05, 3.63) is 35.3 Å². The highest BCUT2D eigenvalue weighted by atomic mass is 32.1. The lowest BCUT2D eigenvalue weighted by Gasteiger charge is -2.04. The Morgan fingerprint density at radius 1 is 1.44 bits per heavy atom. The lowest BCUT2D eigenvalue weighted by molar-refractivity contribution is 0.475. The summed E-state index contributed by atoms with van der Waals surface area (Å²) in [5.41, 5.74) is 0.958. The van der Waals surface area contributed by atoms with E-state index in [0.717, 1.165) is 10.6 Å². The maximum Gasteiger partial charge on any atom is 0.123 e. The topological polar surface area (TPSA) is 45.2 Å². The van der Waals surface area contributed by atoms with Crippen LogP contribution in [0.15, 0.2) is 30.5 Å². The molecule has 2 rings (SSSR count). The van der Waals surface area contributed by atoms with Gasteiger partial charge in [0.25, 0.3) is 0 Å². The number of aromatic hydroxyl groups is 1. The van der Waals surface area contributed by atoms with Crippen molar-refractivity contribution in [1.29, 1.82) is 0 Å². The number of thiazole rings is 1. The molecule has 4 heteroatoms. The maximum atomic E-state index is 9.40. The average molecular weight is 234 g/mol. The lowest BCUT2D eigenvalue weighted by atomic mass is 10.2. The number of hydrogen-bond acceptors (Lipinski definition) is 4. The molecule has 0 amide bonds. The Bertz CT molecular complexity index is 481. The van der Waals surface area contributed by atoms with Crippen LogP contribution in [0.1, 0.15) is 17.8 Å². The Labute approximate surface area is 98.8 Å². The summed E-state index contributed by atoms with van der Waals surface area (Å²) in [5, 5.41) is 13.5. The first-order chi connectivity index (χ1) is 7.70. The summed E-state index contributed by atoms with van der Waals surface area (Å²) in [4.78, 5) is 5.56. The minimum absolute atomic E-state index is 0.274. The largest absolute Gasteiger partial charge is 0.508 e. The molecular formula is C12H14N2OS. The molecule has 0 aliphatic heterocycles. The van der Waals surface area contributed by atoms with Gasteiger partial charge in [0.1, 0.15) is 10.8 Å². The van der Waals surface area contributed by atoms with Gasteiger partial charge in [0.05, 0.1) is 0 Å². The minimum atomic E-state index is 0.274. The molecule has 1 aromatic carbocycles. The molecule has 1 aromatic heterocycles. The fraction of sp³-hybridized carbons (Fsp3) is 0.250. The third kappa shape index (κ3) is 2.23. The number of nitrogens with zero attached hydrogens (tertiary/aromatic N) is 1. The van der Waals surface area contributed by atoms with Crippen molar-refractivity contribution < 1.29 is 5.11 Å². The highest BCUT2D eigenvalue weighted by Gasteiger charge is 2.09. The first-order valence-corrected chi connectivity index (χ1v) is 5.94. The number of benzene rings is 1. The van der Waals surface area contributed by atoms with Gasteiger partial charge in [0, 0.05) is 22.7 Å². The third-order valence-electron chi connectivity index (χ3n) is 2.48. The summed E-state index contributed by atoms with van der Waals surface area (Å²) in [6, 6.07) is 7.48. The van der Waals surface area contributed by atoms with E-state index >= 15 is 0 Å². The van der Waals surface area contributed by atoms with E-state index in [4.69, 9.17) is 0 Å². The van der Waals surface area contributed by atoms with Crippen LogP contribution in [0.2, 0.25) is 0 Å². The van der Waals surface area contributed by atoms with Crippen molar-refractivity contribution >= 4 is 11.3 Å². The molecule has 0 radical (unpaired) electrons. The van der Waals surface area contributed by atoms with E-state index in [1.54, 1.807) is 23.5 Å². The SMILES string of the molecule is CNC(C)c1cnc(-c2cccc(O)c2)s1. The number of nitrogens with one attached hydrogen (secondary N) is 1. The predicted molar refractivity (Wildman–Crippen MR) is 66.7 cm³/mol. The van der Waals surface area contributed by atoms with E-state index in [2.05, 4.69) is 17.2 Å². The van der Waals surface area contributed by atoms with Crippen molar-refractivity contribution in [3.63, 3.8) is 0 Å². The molecule has 0 saturated carbocycles. The zero-order valence-corrected chi connectivity index (χ0v) is 10.1. The van der Waals surface area contributed by atoms with Crippen LogP contribution >= 0.6 is 11.3 Å². The lowest BCUT2D eigenvalue weighted by Crippen LogP contribution is -2.10. The second-order valence-corrected chi connectivity index (χ2v) is 4.69. The molecule has 0 spiro atoms. The van der Waals surface area contributed by atoms with Crippen LogP contribution in [0, 0.1) is 0 Å². The van der Waals surface area contributed by atoms with E-state index < -0.39 is 0 Å². The van der Waals surface area contributed by atoms with Gasteiger partial charge in [-0.3, -0.25) is 0 Å².